The molecule has 2 aromatic heterocycles. The standard InChI is InChI=1S/C50H36Cl8N6/c1-63-19-23-25(21-63)49-46(42-33(57)13-6-14-34(42)58)50-26-22-64(2)20-24(26)48(62-50)45(41-31(55)11-5-12-32(41)56)38-18-16-36(60-38)43(39-27(51)7-3-8-28(39)52)35-15-17-37(59-35)44(47(23)61-49)40-29(53)9-4-10-30(40)54/h3-18,23-26,59,62H,19-22H2,1-2H3/t23-,24?,25+,26?/m1/s1. The van der Waals surface area contributed by atoms with Gasteiger partial charge in [0.15, 0.2) is 0 Å². The van der Waals surface area contributed by atoms with Crippen molar-refractivity contribution < 1.29 is 0 Å². The highest BCUT2D eigenvalue weighted by molar-refractivity contribution is 6.42. The molecule has 2 saturated heterocycles. The average molecular weight is 1000 g/mol. The zero-order valence-electron chi connectivity index (χ0n) is 34.2. The topological polar surface area (TPSA) is 63.8 Å². The number of nitrogens with one attached hydrogen (secondary N) is 2. The summed E-state index contributed by atoms with van der Waals surface area (Å²) in [5, 5.41) is 3.97. The molecule has 2 unspecified atom stereocenters. The van der Waals surface area contributed by atoms with Gasteiger partial charge in [0.05, 0.1) is 63.0 Å². The molecule has 5 aliphatic heterocycles. The SMILES string of the molecule is CN1CC2c3[nH]c(c(-c4c(Cl)cccc4Cl)c4nc(c(-c5c(Cl)cccc5Cl)c5ccc([nH]5)c(-c5c(Cl)cccc5Cl)c5nc(c3-c3c(Cl)cccc3Cl)C=C5)[C@@H]3CN(C)C[C@H]43)C2C1. The van der Waals surface area contributed by atoms with Crippen LogP contribution in [0.3, 0.4) is 0 Å². The third-order valence-electron chi connectivity index (χ3n) is 13.2. The highest BCUT2D eigenvalue weighted by Crippen LogP contribution is 2.56. The number of H-pyrrole nitrogens is 2. The van der Waals surface area contributed by atoms with E-state index in [4.69, 9.17) is 103 Å². The molecule has 0 amide bonds. The normalized spacial score (nSPS) is 19.9. The van der Waals surface area contributed by atoms with E-state index >= 15 is 0 Å². The molecule has 322 valence electrons. The maximum absolute atomic E-state index is 7.32. The van der Waals surface area contributed by atoms with E-state index in [9.17, 15) is 0 Å². The molecule has 5 aliphatic rings. The van der Waals surface area contributed by atoms with E-state index in [1.807, 2.05) is 97.1 Å². The van der Waals surface area contributed by atoms with Gasteiger partial charge in [-0.15, -0.1) is 0 Å². The number of benzene rings is 4. The Hall–Kier alpha value is -3.76. The molecule has 0 radical (unpaired) electrons. The molecule has 0 spiro atoms. The van der Waals surface area contributed by atoms with Gasteiger partial charge in [-0.2, -0.15) is 0 Å². The van der Waals surface area contributed by atoms with Crippen LogP contribution in [0.15, 0.2) is 84.9 Å². The highest BCUT2D eigenvalue weighted by Gasteiger charge is 2.47. The smallest absolute Gasteiger partial charge is 0.0738 e. The van der Waals surface area contributed by atoms with Crippen molar-refractivity contribution in [1.29, 1.82) is 0 Å². The number of nitrogens with zero attached hydrogens (tertiary/aromatic N) is 4. The average Bonchev–Trinajstić information content (AvgIpc) is 4.11. The molecule has 8 bridgehead atoms. The predicted octanol–water partition coefficient (Wildman–Crippen LogP) is 15.7. The van der Waals surface area contributed by atoms with Gasteiger partial charge in [0, 0.05) is 117 Å². The van der Waals surface area contributed by atoms with Crippen LogP contribution in [-0.2, 0) is 0 Å². The molecule has 4 atom stereocenters. The number of halogens is 8. The minimum absolute atomic E-state index is 0.0240. The molecule has 6 aromatic rings. The van der Waals surface area contributed by atoms with Crippen LogP contribution < -0.4 is 0 Å². The van der Waals surface area contributed by atoms with Gasteiger partial charge in [0.25, 0.3) is 0 Å². The summed E-state index contributed by atoms with van der Waals surface area (Å²) in [5.41, 5.74) is 12.3. The molecule has 7 heterocycles. The highest BCUT2D eigenvalue weighted by atomic mass is 35.5. The third-order valence-corrected chi connectivity index (χ3v) is 15.8. The summed E-state index contributed by atoms with van der Waals surface area (Å²) in [6, 6.07) is 26.4. The van der Waals surface area contributed by atoms with E-state index in [1.165, 1.54) is 0 Å². The van der Waals surface area contributed by atoms with E-state index in [-0.39, 0.29) is 23.7 Å². The number of hydrogen-bond acceptors (Lipinski definition) is 4. The molecule has 14 heteroatoms. The lowest BCUT2D eigenvalue weighted by Crippen LogP contribution is -2.16. The van der Waals surface area contributed by atoms with Gasteiger partial charge in [0.1, 0.15) is 0 Å². The molecule has 0 saturated carbocycles. The number of hydrogen-bond donors (Lipinski definition) is 2. The lowest BCUT2D eigenvalue weighted by atomic mass is 9.83. The predicted molar refractivity (Wildman–Crippen MR) is 269 cm³/mol. The summed E-state index contributed by atoms with van der Waals surface area (Å²) in [6.07, 6.45) is 4.00. The van der Waals surface area contributed by atoms with Crippen LogP contribution >= 0.6 is 92.8 Å². The van der Waals surface area contributed by atoms with Crippen LogP contribution in [0, 0.1) is 0 Å². The first-order valence-electron chi connectivity index (χ1n) is 20.8. The van der Waals surface area contributed by atoms with Gasteiger partial charge >= 0.3 is 0 Å². The first-order valence-corrected chi connectivity index (χ1v) is 23.8. The van der Waals surface area contributed by atoms with Gasteiger partial charge in [-0.05, 0) is 86.9 Å². The first kappa shape index (κ1) is 42.8. The lowest BCUT2D eigenvalue weighted by molar-refractivity contribution is 0.403. The van der Waals surface area contributed by atoms with Crippen molar-refractivity contribution in [1.82, 2.24) is 29.7 Å². The molecule has 2 N–H and O–H groups in total. The first-order chi connectivity index (χ1) is 30.9. The Labute approximate surface area is 410 Å². The summed E-state index contributed by atoms with van der Waals surface area (Å²) in [5.74, 6) is -0.163. The van der Waals surface area contributed by atoms with Crippen LogP contribution in [0.1, 0.15) is 57.8 Å². The van der Waals surface area contributed by atoms with Crippen molar-refractivity contribution in [2.24, 2.45) is 0 Å². The number of aromatic nitrogens is 4. The largest absolute Gasteiger partial charge is 0.361 e. The van der Waals surface area contributed by atoms with Crippen molar-refractivity contribution in [2.45, 2.75) is 23.7 Å². The number of rotatable bonds is 4. The Kier molecular flexibility index (Phi) is 11.1. The fourth-order valence-electron chi connectivity index (χ4n) is 10.6. The number of aromatic amines is 2. The summed E-state index contributed by atoms with van der Waals surface area (Å²) in [6.45, 7) is 2.98. The Morgan fingerprint density at radius 3 is 1.20 bits per heavy atom. The van der Waals surface area contributed by atoms with Crippen LogP contribution in [0.4, 0.5) is 0 Å². The van der Waals surface area contributed by atoms with E-state index in [0.29, 0.717) is 73.8 Å². The fraction of sp³-hybridized carbons (Fsp3) is 0.200. The number of fused-ring (bicyclic) bond motifs is 14. The molecular formula is C50H36Cl8N6. The zero-order chi connectivity index (χ0) is 44.3. The summed E-state index contributed by atoms with van der Waals surface area (Å²) < 4.78 is 0. The van der Waals surface area contributed by atoms with Crippen molar-refractivity contribution in [3.05, 3.63) is 159 Å². The van der Waals surface area contributed by atoms with E-state index in [0.717, 1.165) is 82.2 Å². The minimum atomic E-state index is -0.0575. The Bertz CT molecular complexity index is 3130. The summed E-state index contributed by atoms with van der Waals surface area (Å²) in [7, 11) is 4.30. The molecule has 64 heavy (non-hydrogen) atoms. The lowest BCUT2D eigenvalue weighted by Gasteiger charge is -2.19. The van der Waals surface area contributed by atoms with Crippen molar-refractivity contribution in [3.8, 4) is 44.5 Å². The second-order valence-electron chi connectivity index (χ2n) is 17.1. The quantitative estimate of drug-likeness (QED) is 0.184. The van der Waals surface area contributed by atoms with Crippen LogP contribution in [0.2, 0.25) is 40.2 Å². The summed E-state index contributed by atoms with van der Waals surface area (Å²) in [4.78, 5) is 23.8. The maximum atomic E-state index is 7.32. The maximum Gasteiger partial charge on any atom is 0.0738 e. The zero-order valence-corrected chi connectivity index (χ0v) is 40.2. The second kappa shape index (κ2) is 16.5. The number of likely N-dealkylation sites (N-methyl/N-ethyl adjacent to an activating group) is 2. The third kappa shape index (κ3) is 6.90. The Morgan fingerprint density at radius 2 is 0.734 bits per heavy atom. The van der Waals surface area contributed by atoms with Gasteiger partial charge in [-0.1, -0.05) is 117 Å². The van der Waals surface area contributed by atoms with Crippen LogP contribution in [-0.4, -0.2) is 70.0 Å². The van der Waals surface area contributed by atoms with Crippen molar-refractivity contribution >= 4 is 116 Å². The minimum Gasteiger partial charge on any atom is -0.361 e. The van der Waals surface area contributed by atoms with E-state index < -0.39 is 0 Å². The van der Waals surface area contributed by atoms with E-state index in [2.05, 4.69) is 33.9 Å². The van der Waals surface area contributed by atoms with Crippen LogP contribution in [0.5, 0.6) is 0 Å². The molecule has 4 aromatic carbocycles. The van der Waals surface area contributed by atoms with E-state index in [1.54, 1.807) is 0 Å². The van der Waals surface area contributed by atoms with Crippen LogP contribution in [0.25, 0.3) is 67.7 Å². The van der Waals surface area contributed by atoms with Gasteiger partial charge in [-0.25, -0.2) is 4.98 Å². The Balaban J connectivity index is 1.42. The Morgan fingerprint density at radius 1 is 0.391 bits per heavy atom. The molecule has 6 nitrogen and oxygen atoms in total. The van der Waals surface area contributed by atoms with Crippen molar-refractivity contribution in [2.75, 3.05) is 40.3 Å². The molecular weight excluding hydrogens is 968 g/mol. The van der Waals surface area contributed by atoms with Gasteiger partial charge in [-0.3, -0.25) is 4.98 Å². The van der Waals surface area contributed by atoms with Gasteiger partial charge < -0.3 is 19.8 Å². The van der Waals surface area contributed by atoms with Gasteiger partial charge in [0.2, 0.25) is 0 Å². The monoisotopic (exact) mass is 1000 g/mol. The fourth-order valence-corrected chi connectivity index (χ4v) is 13.0. The van der Waals surface area contributed by atoms with Crippen molar-refractivity contribution in [3.63, 3.8) is 0 Å². The molecule has 2 fully saturated rings. The molecule has 0 aliphatic carbocycles. The summed E-state index contributed by atoms with van der Waals surface area (Å²) >= 11 is 57.7. The second-order valence-corrected chi connectivity index (χ2v) is 20.3. The number of likely N-dealkylation sites (tertiary alicyclic amines) is 2. The molecule has 11 rings (SSSR count).